The van der Waals surface area contributed by atoms with E-state index in [0.29, 0.717) is 16.4 Å². The van der Waals surface area contributed by atoms with Gasteiger partial charge in [0.05, 0.1) is 7.11 Å². The van der Waals surface area contributed by atoms with Crippen molar-refractivity contribution >= 4 is 21.8 Å². The van der Waals surface area contributed by atoms with Gasteiger partial charge in [0.1, 0.15) is 12.3 Å². The fraction of sp³-hybridized carbons (Fsp3) is 0.278. The lowest BCUT2D eigenvalue weighted by atomic mass is 10.2. The number of methoxy groups -OCH3 is 1. The van der Waals surface area contributed by atoms with E-state index in [-0.39, 0.29) is 24.3 Å². The number of rotatable bonds is 6. The van der Waals surface area contributed by atoms with Crippen LogP contribution < -0.4 is 4.74 Å². The van der Waals surface area contributed by atoms with Gasteiger partial charge in [-0.05, 0) is 66.2 Å². The van der Waals surface area contributed by atoms with Gasteiger partial charge < -0.3 is 18.6 Å². The number of furan rings is 1. The van der Waals surface area contributed by atoms with Crippen LogP contribution in [0.15, 0.2) is 50.0 Å². The second-order valence-electron chi connectivity index (χ2n) is 5.87. The van der Waals surface area contributed by atoms with Gasteiger partial charge in [0, 0.05) is 11.6 Å². The van der Waals surface area contributed by atoms with Gasteiger partial charge in [-0.2, -0.15) is 4.98 Å². The highest BCUT2D eigenvalue weighted by Crippen LogP contribution is 2.22. The maximum absolute atomic E-state index is 12.7. The van der Waals surface area contributed by atoms with Crippen LogP contribution >= 0.6 is 15.9 Å². The molecular weight excluding hydrogens is 402 g/mol. The number of ether oxygens (including phenoxy) is 1. The summed E-state index contributed by atoms with van der Waals surface area (Å²) in [5.41, 5.74) is 0.804. The summed E-state index contributed by atoms with van der Waals surface area (Å²) in [6, 6.07) is 10.6. The van der Waals surface area contributed by atoms with E-state index in [1.807, 2.05) is 38.1 Å². The first-order chi connectivity index (χ1) is 12.5. The van der Waals surface area contributed by atoms with E-state index >= 15 is 0 Å². The summed E-state index contributed by atoms with van der Waals surface area (Å²) in [7, 11) is 1.61. The van der Waals surface area contributed by atoms with Crippen molar-refractivity contribution in [3.05, 3.63) is 52.7 Å². The largest absolute Gasteiger partial charge is 0.497 e. The second-order valence-corrected chi connectivity index (χ2v) is 6.65. The Hall–Kier alpha value is -2.61. The zero-order chi connectivity index (χ0) is 18.7. The molecule has 2 aromatic heterocycles. The summed E-state index contributed by atoms with van der Waals surface area (Å²) < 4.78 is 16.3. The first-order valence-corrected chi connectivity index (χ1v) is 8.80. The zero-order valence-corrected chi connectivity index (χ0v) is 16.2. The lowest BCUT2D eigenvalue weighted by Crippen LogP contribution is -2.36. The normalized spacial score (nSPS) is 11.0. The van der Waals surface area contributed by atoms with Crippen LogP contribution in [0.5, 0.6) is 5.75 Å². The molecule has 0 N–H and O–H groups in total. The van der Waals surface area contributed by atoms with Crippen LogP contribution in [-0.2, 0) is 6.54 Å². The molecule has 136 valence electrons. The lowest BCUT2D eigenvalue weighted by Gasteiger charge is -2.23. The topological polar surface area (TPSA) is 81.6 Å². The number of nitrogens with zero attached hydrogens (tertiary/aromatic N) is 3. The Morgan fingerprint density at radius 2 is 1.96 bits per heavy atom. The number of hydrogen-bond acceptors (Lipinski definition) is 6. The van der Waals surface area contributed by atoms with E-state index in [9.17, 15) is 4.79 Å². The average Bonchev–Trinajstić information content (AvgIpc) is 3.28. The van der Waals surface area contributed by atoms with Gasteiger partial charge in [0.15, 0.2) is 10.4 Å². The van der Waals surface area contributed by atoms with Gasteiger partial charge in [-0.15, -0.1) is 0 Å². The van der Waals surface area contributed by atoms with Crippen LogP contribution in [0.25, 0.3) is 11.4 Å². The Balaban J connectivity index is 1.77. The molecular formula is C18H18BrN3O4. The summed E-state index contributed by atoms with van der Waals surface area (Å²) in [4.78, 5) is 18.7. The van der Waals surface area contributed by atoms with Crippen LogP contribution in [0.1, 0.15) is 30.3 Å². The molecule has 8 heteroatoms. The Morgan fingerprint density at radius 3 is 2.54 bits per heavy atom. The van der Waals surface area contributed by atoms with Gasteiger partial charge in [-0.1, -0.05) is 5.16 Å². The number of carbonyl (C=O) groups is 1. The van der Waals surface area contributed by atoms with E-state index in [1.54, 1.807) is 24.1 Å². The molecule has 0 fully saturated rings. The van der Waals surface area contributed by atoms with Crippen LogP contribution in [-0.4, -0.2) is 34.1 Å². The monoisotopic (exact) mass is 419 g/mol. The summed E-state index contributed by atoms with van der Waals surface area (Å²) in [6.07, 6.45) is 0. The van der Waals surface area contributed by atoms with Gasteiger partial charge >= 0.3 is 0 Å². The highest BCUT2D eigenvalue weighted by atomic mass is 79.9. The first-order valence-electron chi connectivity index (χ1n) is 8.01. The van der Waals surface area contributed by atoms with Crippen molar-refractivity contribution in [1.29, 1.82) is 0 Å². The maximum Gasteiger partial charge on any atom is 0.290 e. The molecule has 1 amide bonds. The van der Waals surface area contributed by atoms with Gasteiger partial charge in [-0.25, -0.2) is 0 Å². The minimum absolute atomic E-state index is 0.0669. The number of benzene rings is 1. The summed E-state index contributed by atoms with van der Waals surface area (Å²) in [6.45, 7) is 4.02. The minimum atomic E-state index is -0.241. The van der Waals surface area contributed by atoms with Gasteiger partial charge in [0.2, 0.25) is 11.7 Å². The van der Waals surface area contributed by atoms with E-state index in [2.05, 4.69) is 26.1 Å². The highest BCUT2D eigenvalue weighted by molar-refractivity contribution is 9.10. The summed E-state index contributed by atoms with van der Waals surface area (Å²) in [5.74, 6) is 1.57. The van der Waals surface area contributed by atoms with Crippen molar-refractivity contribution < 1.29 is 18.5 Å². The smallest absolute Gasteiger partial charge is 0.290 e. The first kappa shape index (κ1) is 18.2. The third-order valence-electron chi connectivity index (χ3n) is 3.79. The molecule has 3 rings (SSSR count). The number of halogens is 1. The summed E-state index contributed by atoms with van der Waals surface area (Å²) in [5, 5.41) is 3.99. The number of amides is 1. The van der Waals surface area contributed by atoms with E-state index in [0.717, 1.165) is 11.3 Å². The van der Waals surface area contributed by atoms with Crippen LogP contribution in [0.2, 0.25) is 0 Å². The molecule has 0 bridgehead atoms. The fourth-order valence-electron chi connectivity index (χ4n) is 2.38. The number of carbonyl (C=O) groups excluding carboxylic acids is 1. The quantitative estimate of drug-likeness (QED) is 0.596. The molecule has 0 radical (unpaired) electrons. The molecule has 0 aliphatic carbocycles. The Kier molecular flexibility index (Phi) is 5.41. The lowest BCUT2D eigenvalue weighted by molar-refractivity contribution is 0.0633. The molecule has 3 aromatic rings. The van der Waals surface area contributed by atoms with Crippen LogP contribution in [0.4, 0.5) is 0 Å². The molecule has 0 unspecified atom stereocenters. The standard InChI is InChI=1S/C18H18BrN3O4/c1-11(2)22(18(23)14-8-9-15(19)25-14)10-16-20-17(21-26-16)12-4-6-13(24-3)7-5-12/h4-9,11H,10H2,1-3H3. The molecule has 0 aliphatic heterocycles. The third-order valence-corrected chi connectivity index (χ3v) is 4.22. The average molecular weight is 420 g/mol. The molecule has 26 heavy (non-hydrogen) atoms. The third kappa shape index (κ3) is 3.96. The Labute approximate surface area is 159 Å². The van der Waals surface area contributed by atoms with Crippen LogP contribution in [0, 0.1) is 0 Å². The van der Waals surface area contributed by atoms with Gasteiger partial charge in [0.25, 0.3) is 5.91 Å². The SMILES string of the molecule is COc1ccc(-c2noc(CN(C(=O)c3ccc(Br)o3)C(C)C)n2)cc1. The molecule has 1 aromatic carbocycles. The van der Waals surface area contributed by atoms with Gasteiger partial charge in [-0.3, -0.25) is 4.79 Å². The molecule has 7 nitrogen and oxygen atoms in total. The molecule has 0 saturated carbocycles. The minimum Gasteiger partial charge on any atom is -0.497 e. The second kappa shape index (κ2) is 7.74. The zero-order valence-electron chi connectivity index (χ0n) is 14.6. The summed E-state index contributed by atoms with van der Waals surface area (Å²) >= 11 is 3.21. The van der Waals surface area contributed by atoms with E-state index in [4.69, 9.17) is 13.7 Å². The van der Waals surface area contributed by atoms with Crippen molar-refractivity contribution in [2.24, 2.45) is 0 Å². The Morgan fingerprint density at radius 1 is 1.23 bits per heavy atom. The van der Waals surface area contributed by atoms with Crippen molar-refractivity contribution in [3.8, 4) is 17.1 Å². The fourth-order valence-corrected chi connectivity index (χ4v) is 2.69. The molecule has 0 atom stereocenters. The molecule has 2 heterocycles. The number of aromatic nitrogens is 2. The van der Waals surface area contributed by atoms with Crippen molar-refractivity contribution in [2.75, 3.05) is 7.11 Å². The van der Waals surface area contributed by atoms with E-state index < -0.39 is 0 Å². The van der Waals surface area contributed by atoms with Crippen molar-refractivity contribution in [1.82, 2.24) is 15.0 Å². The predicted molar refractivity (Wildman–Crippen MR) is 97.7 cm³/mol. The van der Waals surface area contributed by atoms with Crippen molar-refractivity contribution in [3.63, 3.8) is 0 Å². The number of hydrogen-bond donors (Lipinski definition) is 0. The predicted octanol–water partition coefficient (Wildman–Crippen LogP) is 4.15. The highest BCUT2D eigenvalue weighted by Gasteiger charge is 2.24. The van der Waals surface area contributed by atoms with Crippen LogP contribution in [0.3, 0.4) is 0 Å². The molecule has 0 saturated heterocycles. The maximum atomic E-state index is 12.7. The van der Waals surface area contributed by atoms with E-state index in [1.165, 1.54) is 0 Å². The Bertz CT molecular complexity index is 886. The van der Waals surface area contributed by atoms with Crippen molar-refractivity contribution in [2.45, 2.75) is 26.4 Å². The molecule has 0 spiro atoms. The molecule has 0 aliphatic rings.